The second-order valence-corrected chi connectivity index (χ2v) is 9.10. The van der Waals surface area contributed by atoms with E-state index >= 15 is 0 Å². The molecule has 5 rings (SSSR count). The van der Waals surface area contributed by atoms with Gasteiger partial charge >= 0.3 is 0 Å². The van der Waals surface area contributed by atoms with Crippen molar-refractivity contribution in [2.45, 2.75) is 12.8 Å². The minimum absolute atomic E-state index is 0.613. The van der Waals surface area contributed by atoms with Gasteiger partial charge in [-0.2, -0.15) is 14.6 Å². The quantitative estimate of drug-likeness (QED) is 0.565. The summed E-state index contributed by atoms with van der Waals surface area (Å²) in [4.78, 5) is 16.4. The van der Waals surface area contributed by atoms with Crippen LogP contribution < -0.4 is 14.4 Å². The molecule has 3 aromatic rings. The summed E-state index contributed by atoms with van der Waals surface area (Å²) in [5.74, 6) is 3.82. The van der Waals surface area contributed by atoms with E-state index in [0.717, 1.165) is 49.0 Å². The highest BCUT2D eigenvalue weighted by atomic mass is 16.5. The lowest BCUT2D eigenvalue weighted by atomic mass is 9.97. The largest absolute Gasteiger partial charge is 0.493 e. The van der Waals surface area contributed by atoms with Crippen molar-refractivity contribution in [2.75, 3.05) is 72.0 Å². The van der Waals surface area contributed by atoms with Gasteiger partial charge in [0, 0.05) is 51.0 Å². The number of ether oxygens (including phenoxy) is 2. The second-order valence-electron chi connectivity index (χ2n) is 9.10. The van der Waals surface area contributed by atoms with E-state index in [-0.39, 0.29) is 0 Å². The van der Waals surface area contributed by atoms with E-state index in [0.29, 0.717) is 17.3 Å². The number of anilines is 1. The lowest BCUT2D eigenvalue weighted by molar-refractivity contribution is 0.147. The number of benzene rings is 1. The summed E-state index contributed by atoms with van der Waals surface area (Å²) >= 11 is 0. The Kier molecular flexibility index (Phi) is 6.32. The van der Waals surface area contributed by atoms with Gasteiger partial charge in [-0.05, 0) is 50.0 Å². The number of methoxy groups -OCH3 is 2. The molecule has 2 aromatic heterocycles. The minimum Gasteiger partial charge on any atom is -0.493 e. The number of likely N-dealkylation sites (tertiary alicyclic amines) is 1. The zero-order chi connectivity index (χ0) is 22.8. The molecule has 176 valence electrons. The van der Waals surface area contributed by atoms with Crippen LogP contribution in [0.5, 0.6) is 11.5 Å². The third-order valence-electron chi connectivity index (χ3n) is 6.89. The van der Waals surface area contributed by atoms with Crippen molar-refractivity contribution >= 4 is 11.6 Å². The molecular formula is C24H33N7O2. The van der Waals surface area contributed by atoms with Crippen LogP contribution in [0.3, 0.4) is 0 Å². The van der Waals surface area contributed by atoms with Crippen molar-refractivity contribution in [2.24, 2.45) is 5.92 Å². The predicted molar refractivity (Wildman–Crippen MR) is 128 cm³/mol. The van der Waals surface area contributed by atoms with Crippen molar-refractivity contribution in [1.82, 2.24) is 29.4 Å². The number of nitrogens with zero attached hydrogens (tertiary/aromatic N) is 7. The van der Waals surface area contributed by atoms with Gasteiger partial charge < -0.3 is 19.3 Å². The monoisotopic (exact) mass is 451 g/mol. The first-order valence-corrected chi connectivity index (χ1v) is 11.7. The minimum atomic E-state index is 0.613. The molecular weight excluding hydrogens is 418 g/mol. The molecule has 0 N–H and O–H groups in total. The lowest BCUT2D eigenvalue weighted by Crippen LogP contribution is -2.50. The van der Waals surface area contributed by atoms with E-state index in [2.05, 4.69) is 36.8 Å². The Hall–Kier alpha value is -2.91. The van der Waals surface area contributed by atoms with Crippen molar-refractivity contribution < 1.29 is 9.47 Å². The van der Waals surface area contributed by atoms with Crippen LogP contribution in [-0.2, 0) is 0 Å². The number of aromatic nitrogens is 4. The fourth-order valence-corrected chi connectivity index (χ4v) is 5.21. The number of hydrogen-bond acceptors (Lipinski definition) is 8. The summed E-state index contributed by atoms with van der Waals surface area (Å²) in [5, 5.41) is 4.50. The highest BCUT2D eigenvalue weighted by molar-refractivity contribution is 5.78. The van der Waals surface area contributed by atoms with Gasteiger partial charge in [0.25, 0.3) is 5.78 Å². The maximum atomic E-state index is 5.55. The summed E-state index contributed by atoms with van der Waals surface area (Å²) in [7, 11) is 5.55. The summed E-state index contributed by atoms with van der Waals surface area (Å²) in [6.45, 7) is 7.63. The zero-order valence-electron chi connectivity index (χ0n) is 19.8. The van der Waals surface area contributed by atoms with E-state index in [1.54, 1.807) is 20.5 Å². The van der Waals surface area contributed by atoms with Crippen LogP contribution in [0.25, 0.3) is 16.9 Å². The molecule has 2 fully saturated rings. The molecule has 4 heterocycles. The van der Waals surface area contributed by atoms with Crippen LogP contribution in [-0.4, -0.2) is 96.5 Å². The van der Waals surface area contributed by atoms with E-state index in [1.165, 1.54) is 32.5 Å². The summed E-state index contributed by atoms with van der Waals surface area (Å²) in [6.07, 6.45) is 6.12. The highest BCUT2D eigenvalue weighted by Crippen LogP contribution is 2.36. The Labute approximate surface area is 194 Å². The lowest BCUT2D eigenvalue weighted by Gasteiger charge is -2.39. The van der Waals surface area contributed by atoms with Gasteiger partial charge in [0.15, 0.2) is 11.5 Å². The molecule has 0 unspecified atom stereocenters. The molecule has 0 aliphatic carbocycles. The zero-order valence-corrected chi connectivity index (χ0v) is 19.8. The van der Waals surface area contributed by atoms with Crippen LogP contribution in [0.4, 0.5) is 5.82 Å². The molecule has 0 spiro atoms. The molecule has 9 nitrogen and oxygen atoms in total. The molecule has 0 saturated carbocycles. The third-order valence-corrected chi connectivity index (χ3v) is 6.89. The standard InChI is InChI=1S/C24H33N7O2/c1-28-8-4-5-18(15-28)16-29-9-11-30(12-10-29)23-20(14-25-24-26-17-27-31(23)24)19-6-7-21(32-2)22(13-19)33-3/h6-7,13-14,17-18H,4-5,8-12,15-16H2,1-3H3/t18-/m0/s1. The predicted octanol–water partition coefficient (Wildman–Crippen LogP) is 2.27. The van der Waals surface area contributed by atoms with Gasteiger partial charge in [-0.3, -0.25) is 4.90 Å². The number of piperazine rings is 1. The van der Waals surface area contributed by atoms with Gasteiger partial charge in [0.05, 0.1) is 14.2 Å². The van der Waals surface area contributed by atoms with Crippen LogP contribution in [0.15, 0.2) is 30.7 Å². The number of piperidine rings is 1. The second kappa shape index (κ2) is 9.52. The van der Waals surface area contributed by atoms with Crippen molar-refractivity contribution in [1.29, 1.82) is 0 Å². The van der Waals surface area contributed by atoms with Crippen molar-refractivity contribution in [3.05, 3.63) is 30.7 Å². The van der Waals surface area contributed by atoms with E-state index in [4.69, 9.17) is 9.47 Å². The number of hydrogen-bond donors (Lipinski definition) is 0. The molecule has 2 aliphatic rings. The highest BCUT2D eigenvalue weighted by Gasteiger charge is 2.26. The molecule has 2 saturated heterocycles. The van der Waals surface area contributed by atoms with Gasteiger partial charge in [0.1, 0.15) is 12.1 Å². The van der Waals surface area contributed by atoms with Crippen LogP contribution in [0, 0.1) is 5.92 Å². The molecule has 9 heteroatoms. The van der Waals surface area contributed by atoms with E-state index in [9.17, 15) is 0 Å². The van der Waals surface area contributed by atoms with Gasteiger partial charge in [0.2, 0.25) is 0 Å². The Morgan fingerprint density at radius 2 is 1.82 bits per heavy atom. The first kappa shape index (κ1) is 21.9. The average Bonchev–Trinajstić information content (AvgIpc) is 3.32. The van der Waals surface area contributed by atoms with E-state index in [1.807, 2.05) is 28.9 Å². The number of rotatable bonds is 6. The SMILES string of the molecule is COc1ccc(-c2cnc3ncnn3c2N2CCN(C[C@H]3CCCN(C)C3)CC2)cc1OC. The molecule has 0 amide bonds. The topological polar surface area (TPSA) is 71.3 Å². The fourth-order valence-electron chi connectivity index (χ4n) is 5.21. The number of fused-ring (bicyclic) bond motifs is 1. The normalized spacial score (nSPS) is 20.3. The Bertz CT molecular complexity index is 1090. The van der Waals surface area contributed by atoms with E-state index < -0.39 is 0 Å². The first-order valence-electron chi connectivity index (χ1n) is 11.7. The summed E-state index contributed by atoms with van der Waals surface area (Å²) in [6, 6.07) is 5.97. The third kappa shape index (κ3) is 4.47. The van der Waals surface area contributed by atoms with Gasteiger partial charge in [-0.25, -0.2) is 4.98 Å². The Morgan fingerprint density at radius 3 is 2.58 bits per heavy atom. The Balaban J connectivity index is 1.40. The first-order chi connectivity index (χ1) is 16.2. The molecule has 33 heavy (non-hydrogen) atoms. The van der Waals surface area contributed by atoms with Crippen LogP contribution in [0.1, 0.15) is 12.8 Å². The molecule has 1 atom stereocenters. The van der Waals surface area contributed by atoms with Crippen LogP contribution >= 0.6 is 0 Å². The maximum Gasteiger partial charge on any atom is 0.254 e. The van der Waals surface area contributed by atoms with Gasteiger partial charge in [-0.1, -0.05) is 6.07 Å². The summed E-state index contributed by atoms with van der Waals surface area (Å²) in [5.41, 5.74) is 2.02. The average molecular weight is 452 g/mol. The summed E-state index contributed by atoms with van der Waals surface area (Å²) < 4.78 is 12.8. The molecule has 1 aromatic carbocycles. The fraction of sp³-hybridized carbons (Fsp3) is 0.542. The molecule has 0 bridgehead atoms. The smallest absolute Gasteiger partial charge is 0.254 e. The Morgan fingerprint density at radius 1 is 1.00 bits per heavy atom. The van der Waals surface area contributed by atoms with Crippen LogP contribution in [0.2, 0.25) is 0 Å². The maximum absolute atomic E-state index is 5.55. The van der Waals surface area contributed by atoms with Crippen molar-refractivity contribution in [3.8, 4) is 22.6 Å². The van der Waals surface area contributed by atoms with Crippen molar-refractivity contribution in [3.63, 3.8) is 0 Å². The molecule has 0 radical (unpaired) electrons. The van der Waals surface area contributed by atoms with Gasteiger partial charge in [-0.15, -0.1) is 0 Å². The molecule has 2 aliphatic heterocycles.